The topological polar surface area (TPSA) is 53.1 Å². The second kappa shape index (κ2) is 8.94. The SMILES string of the molecule is Cc1cc(C)cc(OCCN2C(=O)C(c3ccccc3)=C(N3CCN(C)CC3)C2=O)c1. The first kappa shape index (κ1) is 21.1. The van der Waals surface area contributed by atoms with Crippen LogP contribution in [0.4, 0.5) is 0 Å². The molecule has 2 aliphatic rings. The van der Waals surface area contributed by atoms with Crippen molar-refractivity contribution in [2.75, 3.05) is 46.4 Å². The van der Waals surface area contributed by atoms with Gasteiger partial charge in [0, 0.05) is 26.2 Å². The lowest BCUT2D eigenvalue weighted by molar-refractivity contribution is -0.138. The number of likely N-dealkylation sites (N-methyl/N-ethyl adjacent to an activating group) is 1. The van der Waals surface area contributed by atoms with Crippen molar-refractivity contribution in [1.82, 2.24) is 14.7 Å². The lowest BCUT2D eigenvalue weighted by Crippen LogP contribution is -2.46. The summed E-state index contributed by atoms with van der Waals surface area (Å²) in [4.78, 5) is 32.3. The molecule has 0 spiro atoms. The number of carbonyl (C=O) groups is 2. The highest BCUT2D eigenvalue weighted by atomic mass is 16.5. The second-order valence-corrected chi connectivity index (χ2v) is 8.31. The van der Waals surface area contributed by atoms with Crippen molar-refractivity contribution in [3.8, 4) is 5.75 Å². The van der Waals surface area contributed by atoms with E-state index < -0.39 is 0 Å². The monoisotopic (exact) mass is 419 g/mol. The quantitative estimate of drug-likeness (QED) is 0.674. The van der Waals surface area contributed by atoms with Gasteiger partial charge in [-0.3, -0.25) is 14.5 Å². The summed E-state index contributed by atoms with van der Waals surface area (Å²) < 4.78 is 5.88. The van der Waals surface area contributed by atoms with Gasteiger partial charge in [0.15, 0.2) is 0 Å². The summed E-state index contributed by atoms with van der Waals surface area (Å²) >= 11 is 0. The zero-order chi connectivity index (χ0) is 22.0. The fraction of sp³-hybridized carbons (Fsp3) is 0.360. The summed E-state index contributed by atoms with van der Waals surface area (Å²) in [7, 11) is 2.07. The van der Waals surface area contributed by atoms with Crippen molar-refractivity contribution in [3.63, 3.8) is 0 Å². The smallest absolute Gasteiger partial charge is 0.277 e. The van der Waals surface area contributed by atoms with Crippen molar-refractivity contribution < 1.29 is 14.3 Å². The summed E-state index contributed by atoms with van der Waals surface area (Å²) in [6, 6.07) is 15.5. The zero-order valence-electron chi connectivity index (χ0n) is 18.4. The minimum atomic E-state index is -0.242. The van der Waals surface area contributed by atoms with Crippen LogP contribution in [-0.4, -0.2) is 72.9 Å². The Labute approximate surface area is 183 Å². The molecule has 0 unspecified atom stereocenters. The number of ether oxygens (including phenoxy) is 1. The van der Waals surface area contributed by atoms with Crippen LogP contribution in [0.2, 0.25) is 0 Å². The number of hydrogen-bond acceptors (Lipinski definition) is 5. The molecule has 0 atom stereocenters. The molecule has 6 nitrogen and oxygen atoms in total. The Kier molecular flexibility index (Phi) is 6.09. The maximum absolute atomic E-state index is 13.4. The van der Waals surface area contributed by atoms with Crippen molar-refractivity contribution >= 4 is 17.4 Å². The number of aryl methyl sites for hydroxylation is 2. The van der Waals surface area contributed by atoms with Gasteiger partial charge in [-0.05, 0) is 49.7 Å². The average Bonchev–Trinajstić information content (AvgIpc) is 2.99. The first-order valence-corrected chi connectivity index (χ1v) is 10.7. The van der Waals surface area contributed by atoms with Crippen LogP contribution in [0.1, 0.15) is 16.7 Å². The largest absolute Gasteiger partial charge is 0.492 e. The molecule has 2 aromatic carbocycles. The highest BCUT2D eigenvalue weighted by Gasteiger charge is 2.41. The average molecular weight is 420 g/mol. The van der Waals surface area contributed by atoms with E-state index in [2.05, 4.69) is 22.9 Å². The molecule has 2 aromatic rings. The third-order valence-electron chi connectivity index (χ3n) is 5.80. The summed E-state index contributed by atoms with van der Waals surface area (Å²) in [5.41, 5.74) is 4.05. The fourth-order valence-corrected chi connectivity index (χ4v) is 4.23. The molecule has 4 rings (SSSR count). The Morgan fingerprint density at radius 2 is 1.52 bits per heavy atom. The van der Waals surface area contributed by atoms with Gasteiger partial charge in [0.2, 0.25) is 0 Å². The number of nitrogens with zero attached hydrogens (tertiary/aromatic N) is 3. The molecule has 1 fully saturated rings. The first-order valence-electron chi connectivity index (χ1n) is 10.7. The molecule has 0 N–H and O–H groups in total. The molecule has 162 valence electrons. The highest BCUT2D eigenvalue weighted by molar-refractivity contribution is 6.35. The van der Waals surface area contributed by atoms with Crippen LogP contribution in [0.15, 0.2) is 54.2 Å². The van der Waals surface area contributed by atoms with E-state index in [1.165, 1.54) is 4.90 Å². The van der Waals surface area contributed by atoms with E-state index in [4.69, 9.17) is 4.74 Å². The maximum Gasteiger partial charge on any atom is 0.277 e. The molecule has 0 saturated carbocycles. The van der Waals surface area contributed by atoms with Gasteiger partial charge in [0.25, 0.3) is 11.8 Å². The summed E-state index contributed by atoms with van der Waals surface area (Å²) in [5.74, 6) is 0.290. The third-order valence-corrected chi connectivity index (χ3v) is 5.80. The lowest BCUT2D eigenvalue weighted by atomic mass is 10.0. The van der Waals surface area contributed by atoms with Gasteiger partial charge in [-0.15, -0.1) is 0 Å². The van der Waals surface area contributed by atoms with Gasteiger partial charge < -0.3 is 14.5 Å². The number of hydrogen-bond donors (Lipinski definition) is 0. The minimum Gasteiger partial charge on any atom is -0.492 e. The molecule has 6 heteroatoms. The van der Waals surface area contributed by atoms with E-state index >= 15 is 0 Å². The number of amides is 2. The molecule has 0 aromatic heterocycles. The Hall–Kier alpha value is -3.12. The predicted octanol–water partition coefficient (Wildman–Crippen LogP) is 2.71. The van der Waals surface area contributed by atoms with Crippen LogP contribution < -0.4 is 4.74 Å². The number of piperazine rings is 1. The van der Waals surface area contributed by atoms with Crippen LogP contribution in [0, 0.1) is 13.8 Å². The number of benzene rings is 2. The van der Waals surface area contributed by atoms with Gasteiger partial charge in [-0.1, -0.05) is 36.4 Å². The van der Waals surface area contributed by atoms with E-state index in [9.17, 15) is 9.59 Å². The van der Waals surface area contributed by atoms with E-state index in [0.29, 0.717) is 11.3 Å². The molecule has 2 amide bonds. The minimum absolute atomic E-state index is 0.220. The zero-order valence-corrected chi connectivity index (χ0v) is 18.4. The summed E-state index contributed by atoms with van der Waals surface area (Å²) in [6.45, 7) is 7.71. The molecule has 0 aliphatic carbocycles. The molecule has 2 aliphatic heterocycles. The van der Waals surface area contributed by atoms with Gasteiger partial charge in [-0.25, -0.2) is 0 Å². The second-order valence-electron chi connectivity index (χ2n) is 8.31. The van der Waals surface area contributed by atoms with Gasteiger partial charge >= 0.3 is 0 Å². The molecule has 0 bridgehead atoms. The van der Waals surface area contributed by atoms with Crippen molar-refractivity contribution in [2.45, 2.75) is 13.8 Å². The summed E-state index contributed by atoms with van der Waals surface area (Å²) in [6.07, 6.45) is 0. The van der Waals surface area contributed by atoms with Gasteiger partial charge in [-0.2, -0.15) is 0 Å². The van der Waals surface area contributed by atoms with Crippen LogP contribution in [0.5, 0.6) is 5.75 Å². The molecule has 2 heterocycles. The van der Waals surface area contributed by atoms with Crippen LogP contribution in [0.25, 0.3) is 5.57 Å². The standard InChI is InChI=1S/C25H29N3O3/c1-18-15-19(2)17-21(16-18)31-14-13-28-24(29)22(20-7-5-4-6-8-20)23(25(28)30)27-11-9-26(3)10-12-27/h4-8,15-17H,9-14H2,1-3H3. The van der Waals surface area contributed by atoms with Crippen molar-refractivity contribution in [1.29, 1.82) is 0 Å². The number of rotatable bonds is 6. The summed E-state index contributed by atoms with van der Waals surface area (Å²) in [5, 5.41) is 0. The molecular formula is C25H29N3O3. The Morgan fingerprint density at radius 3 is 2.16 bits per heavy atom. The lowest BCUT2D eigenvalue weighted by Gasteiger charge is -2.34. The van der Waals surface area contributed by atoms with Gasteiger partial charge in [0.1, 0.15) is 18.1 Å². The van der Waals surface area contributed by atoms with Crippen LogP contribution in [-0.2, 0) is 9.59 Å². The molecular weight excluding hydrogens is 390 g/mol. The maximum atomic E-state index is 13.4. The number of imide groups is 1. The Bertz CT molecular complexity index is 988. The fourth-order valence-electron chi connectivity index (χ4n) is 4.23. The normalized spacial score (nSPS) is 17.6. The van der Waals surface area contributed by atoms with Crippen LogP contribution in [0.3, 0.4) is 0 Å². The predicted molar refractivity (Wildman–Crippen MR) is 121 cm³/mol. The van der Waals surface area contributed by atoms with Crippen molar-refractivity contribution in [3.05, 3.63) is 70.9 Å². The molecule has 31 heavy (non-hydrogen) atoms. The molecule has 1 saturated heterocycles. The van der Waals surface area contributed by atoms with Crippen LogP contribution >= 0.6 is 0 Å². The van der Waals surface area contributed by atoms with E-state index in [1.54, 1.807) is 0 Å². The third kappa shape index (κ3) is 4.49. The first-order chi connectivity index (χ1) is 14.9. The highest BCUT2D eigenvalue weighted by Crippen LogP contribution is 2.32. The Balaban J connectivity index is 1.54. The number of carbonyl (C=O) groups excluding carboxylic acids is 2. The van der Waals surface area contributed by atoms with Gasteiger partial charge in [0.05, 0.1) is 12.1 Å². The van der Waals surface area contributed by atoms with E-state index in [-0.39, 0.29) is 25.0 Å². The van der Waals surface area contributed by atoms with E-state index in [1.807, 2.05) is 56.3 Å². The molecule has 0 radical (unpaired) electrons. The Morgan fingerprint density at radius 1 is 0.871 bits per heavy atom. The van der Waals surface area contributed by atoms with Crippen molar-refractivity contribution in [2.24, 2.45) is 0 Å². The van der Waals surface area contributed by atoms with E-state index in [0.717, 1.165) is 48.6 Å².